The highest BCUT2D eigenvalue weighted by Crippen LogP contribution is 2.30. The van der Waals surface area contributed by atoms with E-state index >= 15 is 0 Å². The van der Waals surface area contributed by atoms with Gasteiger partial charge < -0.3 is 14.8 Å². The van der Waals surface area contributed by atoms with Crippen molar-refractivity contribution in [1.29, 1.82) is 0 Å². The fraction of sp³-hybridized carbons (Fsp3) is 0.238. The minimum atomic E-state index is -0.195. The Labute approximate surface area is 166 Å². The second kappa shape index (κ2) is 7.19. The Morgan fingerprint density at radius 2 is 1.67 bits per heavy atom. The Hall–Kier alpha value is -2.60. The van der Waals surface area contributed by atoms with Gasteiger partial charge in [-0.2, -0.15) is 0 Å². The molecule has 1 fully saturated rings. The third kappa shape index (κ3) is 3.25. The van der Waals surface area contributed by atoms with Crippen LogP contribution in [-0.4, -0.2) is 34.4 Å². The summed E-state index contributed by atoms with van der Waals surface area (Å²) < 4.78 is 2.65. The predicted molar refractivity (Wildman–Crippen MR) is 110 cm³/mol. The maximum absolute atomic E-state index is 12.8. The predicted octanol–water partition coefficient (Wildman–Crippen LogP) is 4.43. The molecule has 0 saturated carbocycles. The number of halogens is 1. The van der Waals surface area contributed by atoms with Crippen LogP contribution in [-0.2, 0) is 7.05 Å². The van der Waals surface area contributed by atoms with E-state index in [-0.39, 0.29) is 11.8 Å². The van der Waals surface area contributed by atoms with Crippen LogP contribution in [0.2, 0.25) is 0 Å². The van der Waals surface area contributed by atoms with Crippen LogP contribution in [0.3, 0.4) is 0 Å². The number of carbonyl (C=O) groups excluding carboxylic acids is 2. The fourth-order valence-electron chi connectivity index (χ4n) is 3.59. The molecule has 0 bridgehead atoms. The number of benzene rings is 2. The van der Waals surface area contributed by atoms with Crippen molar-refractivity contribution in [2.45, 2.75) is 12.8 Å². The number of para-hydroxylation sites is 1. The summed E-state index contributed by atoms with van der Waals surface area (Å²) in [6, 6.07) is 15.0. The van der Waals surface area contributed by atoms with Gasteiger partial charge in [0.05, 0.1) is 4.47 Å². The standard InChI is InChI=1S/C21H20BrN3O2/c1-24-17-7-3-2-6-16(17)18(22)19(24)20(26)23-15-10-8-14(9-11-15)21(27)25-12-4-5-13-25/h2-3,6-11H,4-5,12-13H2,1H3,(H,23,26). The number of hydrogen-bond donors (Lipinski definition) is 1. The van der Waals surface area contributed by atoms with Crippen molar-refractivity contribution in [3.05, 3.63) is 64.3 Å². The summed E-state index contributed by atoms with van der Waals surface area (Å²) in [5.41, 5.74) is 2.87. The summed E-state index contributed by atoms with van der Waals surface area (Å²) in [6.45, 7) is 1.65. The zero-order valence-electron chi connectivity index (χ0n) is 15.0. The van der Waals surface area contributed by atoms with Crippen LogP contribution >= 0.6 is 15.9 Å². The van der Waals surface area contributed by atoms with Gasteiger partial charge in [0, 0.05) is 42.3 Å². The van der Waals surface area contributed by atoms with Gasteiger partial charge in [0.15, 0.2) is 0 Å². The molecule has 1 N–H and O–H groups in total. The molecule has 1 aliphatic rings. The minimum absolute atomic E-state index is 0.0572. The largest absolute Gasteiger partial charge is 0.339 e. The first-order chi connectivity index (χ1) is 13.1. The lowest BCUT2D eigenvalue weighted by molar-refractivity contribution is 0.0792. The molecule has 2 aromatic carbocycles. The van der Waals surface area contributed by atoms with Crippen LogP contribution in [0.1, 0.15) is 33.7 Å². The molecule has 1 saturated heterocycles. The maximum atomic E-state index is 12.8. The molecular weight excluding hydrogens is 406 g/mol. The number of rotatable bonds is 3. The number of nitrogens with one attached hydrogen (secondary N) is 1. The summed E-state index contributed by atoms with van der Waals surface area (Å²) in [5.74, 6) is -0.138. The Morgan fingerprint density at radius 1 is 1.00 bits per heavy atom. The van der Waals surface area contributed by atoms with Crippen LogP contribution in [0.5, 0.6) is 0 Å². The highest BCUT2D eigenvalue weighted by Gasteiger charge is 2.21. The molecule has 138 valence electrons. The lowest BCUT2D eigenvalue weighted by atomic mass is 10.2. The third-order valence-corrected chi connectivity index (χ3v) is 5.85. The molecule has 0 atom stereocenters. The molecule has 0 spiro atoms. The van der Waals surface area contributed by atoms with Crippen LogP contribution in [0.25, 0.3) is 10.9 Å². The number of likely N-dealkylation sites (tertiary alicyclic amines) is 1. The number of carbonyl (C=O) groups is 2. The van der Waals surface area contributed by atoms with E-state index in [1.54, 1.807) is 24.3 Å². The van der Waals surface area contributed by atoms with Gasteiger partial charge in [-0.1, -0.05) is 18.2 Å². The van der Waals surface area contributed by atoms with E-state index in [0.717, 1.165) is 41.3 Å². The highest BCUT2D eigenvalue weighted by atomic mass is 79.9. The number of aromatic nitrogens is 1. The molecule has 2 heterocycles. The number of aryl methyl sites for hydroxylation is 1. The molecule has 0 unspecified atom stereocenters. The van der Waals surface area contributed by atoms with E-state index < -0.39 is 0 Å². The van der Waals surface area contributed by atoms with E-state index in [1.165, 1.54) is 0 Å². The van der Waals surface area contributed by atoms with Gasteiger partial charge in [0.25, 0.3) is 11.8 Å². The first-order valence-corrected chi connectivity index (χ1v) is 9.79. The van der Waals surface area contributed by atoms with Gasteiger partial charge >= 0.3 is 0 Å². The smallest absolute Gasteiger partial charge is 0.273 e. The molecular formula is C21H20BrN3O2. The monoisotopic (exact) mass is 425 g/mol. The van der Waals surface area contributed by atoms with Crippen molar-refractivity contribution in [3.63, 3.8) is 0 Å². The molecule has 3 aromatic rings. The third-order valence-electron chi connectivity index (χ3n) is 5.04. The molecule has 27 heavy (non-hydrogen) atoms. The van der Waals surface area contributed by atoms with E-state index in [1.807, 2.05) is 40.8 Å². The van der Waals surface area contributed by atoms with Crippen molar-refractivity contribution in [2.75, 3.05) is 18.4 Å². The zero-order valence-corrected chi connectivity index (χ0v) is 16.6. The Balaban J connectivity index is 1.54. The van der Waals surface area contributed by atoms with Gasteiger partial charge in [-0.15, -0.1) is 0 Å². The van der Waals surface area contributed by atoms with Gasteiger partial charge in [0.1, 0.15) is 5.69 Å². The lowest BCUT2D eigenvalue weighted by Gasteiger charge is -2.15. The quantitative estimate of drug-likeness (QED) is 0.674. The first-order valence-electron chi connectivity index (χ1n) is 9.00. The van der Waals surface area contributed by atoms with Crippen LogP contribution in [0.15, 0.2) is 53.0 Å². The Bertz CT molecular complexity index is 979. The van der Waals surface area contributed by atoms with Gasteiger partial charge in [0.2, 0.25) is 0 Å². The molecule has 6 heteroatoms. The second-order valence-corrected chi connectivity index (χ2v) is 7.56. The molecule has 1 aromatic heterocycles. The maximum Gasteiger partial charge on any atom is 0.273 e. The minimum Gasteiger partial charge on any atom is -0.339 e. The normalized spacial score (nSPS) is 13.9. The molecule has 2 amide bonds. The molecule has 0 aliphatic carbocycles. The summed E-state index contributed by atoms with van der Waals surface area (Å²) in [7, 11) is 1.87. The summed E-state index contributed by atoms with van der Waals surface area (Å²) in [6.07, 6.45) is 2.14. The number of anilines is 1. The average molecular weight is 426 g/mol. The van der Waals surface area contributed by atoms with E-state index in [9.17, 15) is 9.59 Å². The molecule has 1 aliphatic heterocycles. The number of nitrogens with zero attached hydrogens (tertiary/aromatic N) is 2. The SMILES string of the molecule is Cn1c(C(=O)Nc2ccc(C(=O)N3CCCC3)cc2)c(Br)c2ccccc21. The molecule has 4 rings (SSSR count). The van der Waals surface area contributed by atoms with Crippen molar-refractivity contribution < 1.29 is 9.59 Å². The first kappa shape index (κ1) is 17.8. The van der Waals surface area contributed by atoms with Crippen molar-refractivity contribution >= 4 is 44.3 Å². The van der Waals surface area contributed by atoms with Crippen molar-refractivity contribution in [1.82, 2.24) is 9.47 Å². The van der Waals surface area contributed by atoms with Crippen LogP contribution < -0.4 is 5.32 Å². The zero-order chi connectivity index (χ0) is 19.0. The van der Waals surface area contributed by atoms with Crippen LogP contribution in [0.4, 0.5) is 5.69 Å². The Kier molecular flexibility index (Phi) is 4.74. The highest BCUT2D eigenvalue weighted by molar-refractivity contribution is 9.10. The summed E-state index contributed by atoms with van der Waals surface area (Å²) >= 11 is 3.55. The Morgan fingerprint density at radius 3 is 2.33 bits per heavy atom. The van der Waals surface area contributed by atoms with Gasteiger partial charge in [-0.05, 0) is 59.1 Å². The van der Waals surface area contributed by atoms with E-state index in [2.05, 4.69) is 21.2 Å². The summed E-state index contributed by atoms with van der Waals surface area (Å²) in [5, 5.41) is 3.92. The number of hydrogen-bond acceptors (Lipinski definition) is 2. The average Bonchev–Trinajstić information content (AvgIpc) is 3.30. The lowest BCUT2D eigenvalue weighted by Crippen LogP contribution is -2.27. The van der Waals surface area contributed by atoms with E-state index in [0.29, 0.717) is 16.9 Å². The van der Waals surface area contributed by atoms with Crippen LogP contribution in [0, 0.1) is 0 Å². The fourth-order valence-corrected chi connectivity index (χ4v) is 4.37. The van der Waals surface area contributed by atoms with Gasteiger partial charge in [-0.3, -0.25) is 9.59 Å². The van der Waals surface area contributed by atoms with E-state index in [4.69, 9.17) is 0 Å². The van der Waals surface area contributed by atoms with Gasteiger partial charge in [-0.25, -0.2) is 0 Å². The topological polar surface area (TPSA) is 54.3 Å². The number of fused-ring (bicyclic) bond motifs is 1. The second-order valence-electron chi connectivity index (χ2n) is 6.77. The van der Waals surface area contributed by atoms with Crippen molar-refractivity contribution in [3.8, 4) is 0 Å². The van der Waals surface area contributed by atoms with Crippen molar-refractivity contribution in [2.24, 2.45) is 7.05 Å². The molecule has 5 nitrogen and oxygen atoms in total. The molecule has 0 radical (unpaired) electrons. The summed E-state index contributed by atoms with van der Waals surface area (Å²) in [4.78, 5) is 27.1. The number of amides is 2.